The highest BCUT2D eigenvalue weighted by atomic mass is 32.2. The van der Waals surface area contributed by atoms with E-state index in [1.54, 1.807) is 6.08 Å². The van der Waals surface area contributed by atoms with Crippen LogP contribution in [0.15, 0.2) is 12.7 Å². The molecule has 0 saturated heterocycles. The number of hydrogen-bond donors (Lipinski definition) is 2. The summed E-state index contributed by atoms with van der Waals surface area (Å²) in [4.78, 5) is 0. The van der Waals surface area contributed by atoms with Crippen LogP contribution in [0.1, 0.15) is 32.1 Å². The summed E-state index contributed by atoms with van der Waals surface area (Å²) in [6, 6.07) is 0. The van der Waals surface area contributed by atoms with Crippen LogP contribution in [0.4, 0.5) is 0 Å². The van der Waals surface area contributed by atoms with E-state index in [0.717, 1.165) is 25.7 Å². The van der Waals surface area contributed by atoms with Gasteiger partial charge in [-0.25, -0.2) is 13.1 Å². The molecule has 5 heteroatoms. The van der Waals surface area contributed by atoms with Gasteiger partial charge in [0.05, 0.1) is 5.75 Å². The van der Waals surface area contributed by atoms with Crippen molar-refractivity contribution < 1.29 is 8.42 Å². The first kappa shape index (κ1) is 12.7. The van der Waals surface area contributed by atoms with E-state index in [0.29, 0.717) is 13.0 Å². The van der Waals surface area contributed by atoms with E-state index in [-0.39, 0.29) is 11.3 Å². The van der Waals surface area contributed by atoms with Crippen LogP contribution in [0.3, 0.4) is 0 Å². The van der Waals surface area contributed by atoms with Crippen LogP contribution in [0, 0.1) is 0 Å². The van der Waals surface area contributed by atoms with E-state index in [9.17, 15) is 8.42 Å². The number of nitrogens with two attached hydrogens (primary N) is 1. The Morgan fingerprint density at radius 3 is 2.47 bits per heavy atom. The van der Waals surface area contributed by atoms with Crippen molar-refractivity contribution in [1.29, 1.82) is 0 Å². The summed E-state index contributed by atoms with van der Waals surface area (Å²) in [7, 11) is -3.20. The maximum absolute atomic E-state index is 11.7. The molecule has 0 aromatic rings. The molecule has 0 radical (unpaired) electrons. The van der Waals surface area contributed by atoms with Gasteiger partial charge in [0.2, 0.25) is 10.0 Å². The highest BCUT2D eigenvalue weighted by Gasteiger charge is 2.35. The van der Waals surface area contributed by atoms with Crippen LogP contribution in [0.2, 0.25) is 0 Å². The zero-order valence-corrected chi connectivity index (χ0v) is 9.85. The normalized spacial score (nSPS) is 20.3. The Kier molecular flexibility index (Phi) is 4.31. The molecule has 1 fully saturated rings. The molecule has 0 aromatic carbocycles. The lowest BCUT2D eigenvalue weighted by atomic mass is 10.0. The maximum Gasteiger partial charge on any atom is 0.212 e. The highest BCUT2D eigenvalue weighted by molar-refractivity contribution is 7.89. The van der Waals surface area contributed by atoms with E-state index in [1.807, 2.05) is 0 Å². The molecule has 1 saturated carbocycles. The Bertz CT molecular complexity index is 305. The van der Waals surface area contributed by atoms with Crippen LogP contribution in [-0.4, -0.2) is 26.3 Å². The van der Waals surface area contributed by atoms with Gasteiger partial charge in [-0.2, -0.15) is 0 Å². The molecule has 1 aliphatic carbocycles. The molecule has 0 heterocycles. The lowest BCUT2D eigenvalue weighted by molar-refractivity contribution is 0.399. The number of nitrogens with one attached hydrogen (secondary N) is 1. The van der Waals surface area contributed by atoms with Gasteiger partial charge in [-0.3, -0.25) is 0 Å². The second-order valence-electron chi connectivity index (χ2n) is 4.19. The third-order valence-corrected chi connectivity index (χ3v) is 4.43. The first-order valence-electron chi connectivity index (χ1n) is 5.36. The fourth-order valence-electron chi connectivity index (χ4n) is 2.02. The molecule has 0 aliphatic heterocycles. The molecule has 0 aromatic heterocycles. The van der Waals surface area contributed by atoms with Crippen molar-refractivity contribution in [3.8, 4) is 0 Å². The van der Waals surface area contributed by atoms with Gasteiger partial charge >= 0.3 is 0 Å². The Morgan fingerprint density at radius 1 is 1.40 bits per heavy atom. The smallest absolute Gasteiger partial charge is 0.212 e. The van der Waals surface area contributed by atoms with Crippen molar-refractivity contribution in [3.05, 3.63) is 12.7 Å². The van der Waals surface area contributed by atoms with Gasteiger partial charge in [0, 0.05) is 12.1 Å². The second-order valence-corrected chi connectivity index (χ2v) is 6.03. The minimum Gasteiger partial charge on any atom is -0.329 e. The predicted octanol–water partition coefficient (Wildman–Crippen LogP) is 0.753. The standard InChI is InChI=1S/C10H20N2O2S/c1-2-3-8-15(13,14)12-10(9-11)6-4-5-7-10/h2,12H,1,3-9,11H2. The quantitative estimate of drug-likeness (QED) is 0.664. The minimum atomic E-state index is -3.20. The van der Waals surface area contributed by atoms with E-state index < -0.39 is 10.0 Å². The Labute approximate surface area is 92.0 Å². The summed E-state index contributed by atoms with van der Waals surface area (Å²) < 4.78 is 26.1. The molecule has 0 atom stereocenters. The third kappa shape index (κ3) is 3.59. The van der Waals surface area contributed by atoms with Gasteiger partial charge in [0.15, 0.2) is 0 Å². The summed E-state index contributed by atoms with van der Waals surface area (Å²) in [6.45, 7) is 3.91. The van der Waals surface area contributed by atoms with E-state index in [2.05, 4.69) is 11.3 Å². The topological polar surface area (TPSA) is 72.2 Å². The summed E-state index contributed by atoms with van der Waals surface area (Å²) in [6.07, 6.45) is 5.93. The molecule has 0 amide bonds. The Hall–Kier alpha value is -0.390. The average Bonchev–Trinajstić information content (AvgIpc) is 2.63. The molecule has 0 unspecified atom stereocenters. The van der Waals surface area contributed by atoms with E-state index >= 15 is 0 Å². The minimum absolute atomic E-state index is 0.109. The molecule has 4 nitrogen and oxygen atoms in total. The number of hydrogen-bond acceptors (Lipinski definition) is 3. The summed E-state index contributed by atoms with van der Waals surface area (Å²) in [5.41, 5.74) is 5.28. The molecular formula is C10H20N2O2S. The lowest BCUT2D eigenvalue weighted by Gasteiger charge is -2.28. The van der Waals surface area contributed by atoms with Crippen molar-refractivity contribution >= 4 is 10.0 Å². The van der Waals surface area contributed by atoms with Crippen molar-refractivity contribution in [3.63, 3.8) is 0 Å². The molecular weight excluding hydrogens is 212 g/mol. The van der Waals surface area contributed by atoms with Gasteiger partial charge in [-0.05, 0) is 19.3 Å². The van der Waals surface area contributed by atoms with Crippen molar-refractivity contribution in [1.82, 2.24) is 4.72 Å². The first-order chi connectivity index (χ1) is 7.04. The van der Waals surface area contributed by atoms with E-state index in [4.69, 9.17) is 5.73 Å². The average molecular weight is 232 g/mol. The number of sulfonamides is 1. The van der Waals surface area contributed by atoms with Gasteiger partial charge in [0.1, 0.15) is 0 Å². The van der Waals surface area contributed by atoms with Gasteiger partial charge in [-0.1, -0.05) is 18.9 Å². The Balaban J connectivity index is 2.61. The zero-order chi connectivity index (χ0) is 11.4. The molecule has 15 heavy (non-hydrogen) atoms. The van der Waals surface area contributed by atoms with Crippen molar-refractivity contribution in [2.45, 2.75) is 37.6 Å². The molecule has 1 aliphatic rings. The van der Waals surface area contributed by atoms with Crippen LogP contribution in [-0.2, 0) is 10.0 Å². The van der Waals surface area contributed by atoms with Crippen LogP contribution in [0.5, 0.6) is 0 Å². The molecule has 88 valence electrons. The summed E-state index contributed by atoms with van der Waals surface area (Å²) in [5, 5.41) is 0. The molecule has 3 N–H and O–H groups in total. The second kappa shape index (κ2) is 5.09. The molecule has 0 bridgehead atoms. The van der Waals surface area contributed by atoms with E-state index in [1.165, 1.54) is 0 Å². The molecule has 1 rings (SSSR count). The zero-order valence-electron chi connectivity index (χ0n) is 9.04. The van der Waals surface area contributed by atoms with Gasteiger partial charge in [0.25, 0.3) is 0 Å². The van der Waals surface area contributed by atoms with Gasteiger partial charge in [-0.15, -0.1) is 6.58 Å². The monoisotopic (exact) mass is 232 g/mol. The lowest BCUT2D eigenvalue weighted by Crippen LogP contribution is -2.52. The number of rotatable bonds is 6. The highest BCUT2D eigenvalue weighted by Crippen LogP contribution is 2.29. The van der Waals surface area contributed by atoms with Gasteiger partial charge < -0.3 is 5.73 Å². The predicted molar refractivity (Wildman–Crippen MR) is 62.0 cm³/mol. The fourth-order valence-corrected chi connectivity index (χ4v) is 3.55. The fraction of sp³-hybridized carbons (Fsp3) is 0.800. The van der Waals surface area contributed by atoms with Crippen molar-refractivity contribution in [2.24, 2.45) is 5.73 Å². The maximum atomic E-state index is 11.7. The molecule has 0 spiro atoms. The van der Waals surface area contributed by atoms with Crippen LogP contribution < -0.4 is 10.5 Å². The number of allylic oxidation sites excluding steroid dienone is 1. The summed E-state index contributed by atoms with van der Waals surface area (Å²) >= 11 is 0. The van der Waals surface area contributed by atoms with Crippen LogP contribution >= 0.6 is 0 Å². The third-order valence-electron chi connectivity index (χ3n) is 2.91. The largest absolute Gasteiger partial charge is 0.329 e. The van der Waals surface area contributed by atoms with Crippen molar-refractivity contribution in [2.75, 3.05) is 12.3 Å². The van der Waals surface area contributed by atoms with Crippen LogP contribution in [0.25, 0.3) is 0 Å². The first-order valence-corrected chi connectivity index (χ1v) is 7.01. The Morgan fingerprint density at radius 2 is 2.00 bits per heavy atom. The SMILES string of the molecule is C=CCCS(=O)(=O)NC1(CN)CCCC1. The summed E-state index contributed by atoms with van der Waals surface area (Å²) in [5.74, 6) is 0.109.